The van der Waals surface area contributed by atoms with E-state index < -0.39 is 24.8 Å². The number of ether oxygens (including phenoxy) is 1. The molecule has 0 heterocycles. The third-order valence-corrected chi connectivity index (χ3v) is 3.05. The second-order valence-electron chi connectivity index (χ2n) is 3.53. The van der Waals surface area contributed by atoms with Crippen LogP contribution < -0.4 is 10.1 Å². The molecule has 0 aliphatic carbocycles. The molecule has 4 nitrogen and oxygen atoms in total. The minimum absolute atomic E-state index is 0.0352. The lowest BCUT2D eigenvalue weighted by atomic mass is 10.2. The average molecular weight is 409 g/mol. The number of anilines is 1. The number of hydrogen-bond donors (Lipinski definition) is 3. The summed E-state index contributed by atoms with van der Waals surface area (Å²) in [6.45, 7) is -0.623. The smallest absolute Gasteiger partial charge is 0.403 e. The van der Waals surface area contributed by atoms with Crippen LogP contribution in [0.2, 0.25) is 0 Å². The molecular formula is C10H10Br2F3NO3. The lowest BCUT2D eigenvalue weighted by Crippen LogP contribution is -2.24. The second kappa shape index (κ2) is 6.78. The number of nitrogens with one attached hydrogen (secondary N) is 1. The predicted molar refractivity (Wildman–Crippen MR) is 70.1 cm³/mol. The maximum Gasteiger partial charge on any atom is 0.573 e. The largest absolute Gasteiger partial charge is 0.573 e. The molecule has 0 aliphatic heterocycles. The van der Waals surface area contributed by atoms with Gasteiger partial charge in [0.15, 0.2) is 5.75 Å². The van der Waals surface area contributed by atoms with Crippen LogP contribution in [0.5, 0.6) is 5.75 Å². The first-order valence-corrected chi connectivity index (χ1v) is 6.59. The molecule has 0 radical (unpaired) electrons. The molecule has 1 aromatic rings. The van der Waals surface area contributed by atoms with Crippen LogP contribution in [-0.2, 0) is 0 Å². The van der Waals surface area contributed by atoms with Crippen LogP contribution in [0.15, 0.2) is 21.1 Å². The van der Waals surface area contributed by atoms with Crippen LogP contribution in [-0.4, -0.2) is 35.8 Å². The van der Waals surface area contributed by atoms with Gasteiger partial charge >= 0.3 is 6.36 Å². The van der Waals surface area contributed by atoms with Crippen LogP contribution in [0.3, 0.4) is 0 Å². The van der Waals surface area contributed by atoms with Crippen LogP contribution in [0.4, 0.5) is 18.9 Å². The molecule has 0 aromatic heterocycles. The van der Waals surface area contributed by atoms with E-state index >= 15 is 0 Å². The minimum atomic E-state index is -4.83. The third kappa shape index (κ3) is 5.55. The van der Waals surface area contributed by atoms with Gasteiger partial charge in [-0.05, 0) is 28.1 Å². The van der Waals surface area contributed by atoms with E-state index in [2.05, 4.69) is 41.9 Å². The molecule has 0 bridgehead atoms. The predicted octanol–water partition coefficient (Wildman–Crippen LogP) is 2.88. The van der Waals surface area contributed by atoms with Gasteiger partial charge in [-0.25, -0.2) is 0 Å². The highest BCUT2D eigenvalue weighted by Gasteiger charge is 2.32. The van der Waals surface area contributed by atoms with Crippen LogP contribution in [0.25, 0.3) is 0 Å². The number of alkyl halides is 3. The number of rotatable bonds is 5. The van der Waals surface area contributed by atoms with Crippen molar-refractivity contribution >= 4 is 37.5 Å². The molecule has 3 N–H and O–H groups in total. The van der Waals surface area contributed by atoms with Gasteiger partial charge in [0.1, 0.15) is 0 Å². The molecule has 19 heavy (non-hydrogen) atoms. The molecule has 1 unspecified atom stereocenters. The van der Waals surface area contributed by atoms with Crippen molar-refractivity contribution in [3.63, 3.8) is 0 Å². The topological polar surface area (TPSA) is 61.7 Å². The molecule has 1 rings (SSSR count). The van der Waals surface area contributed by atoms with E-state index in [0.29, 0.717) is 8.95 Å². The Morgan fingerprint density at radius 2 is 1.95 bits per heavy atom. The van der Waals surface area contributed by atoms with Crippen molar-refractivity contribution in [1.82, 2.24) is 0 Å². The monoisotopic (exact) mass is 407 g/mol. The van der Waals surface area contributed by atoms with Gasteiger partial charge in [0.2, 0.25) is 0 Å². The Morgan fingerprint density at radius 3 is 2.47 bits per heavy atom. The standard InChI is InChI=1S/C10H10Br2F3NO3/c11-5-1-7(12)9(16-3-6(18)4-17)8(2-5)19-10(13,14)15/h1-2,6,16-18H,3-4H2. The molecule has 0 amide bonds. The molecule has 1 atom stereocenters. The summed E-state index contributed by atoms with van der Waals surface area (Å²) >= 11 is 6.15. The zero-order valence-corrected chi connectivity index (χ0v) is 12.5. The highest BCUT2D eigenvalue weighted by Crippen LogP contribution is 2.38. The minimum Gasteiger partial charge on any atom is -0.403 e. The Bertz CT molecular complexity index is 443. The number of hydrogen-bond acceptors (Lipinski definition) is 4. The summed E-state index contributed by atoms with van der Waals surface area (Å²) in [6, 6.07) is 2.67. The fourth-order valence-corrected chi connectivity index (χ4v) is 2.54. The van der Waals surface area contributed by atoms with Crippen LogP contribution in [0, 0.1) is 0 Å². The molecule has 0 spiro atoms. The van der Waals surface area contributed by atoms with Crippen molar-refractivity contribution in [2.24, 2.45) is 0 Å². The van der Waals surface area contributed by atoms with Gasteiger partial charge in [-0.15, -0.1) is 13.2 Å². The Balaban J connectivity index is 2.99. The summed E-state index contributed by atoms with van der Waals surface area (Å²) in [6.07, 6.45) is -5.92. The summed E-state index contributed by atoms with van der Waals surface area (Å²) in [5.41, 5.74) is 0.0352. The Labute approximate surface area is 123 Å². The van der Waals surface area contributed by atoms with Gasteiger partial charge in [-0.3, -0.25) is 0 Å². The molecule has 108 valence electrons. The Hall–Kier alpha value is -0.510. The quantitative estimate of drug-likeness (QED) is 0.701. The number of benzene rings is 1. The van der Waals surface area contributed by atoms with Gasteiger partial charge in [0.25, 0.3) is 0 Å². The van der Waals surface area contributed by atoms with Crippen LogP contribution >= 0.6 is 31.9 Å². The van der Waals surface area contributed by atoms with Gasteiger partial charge in [-0.1, -0.05) is 15.9 Å². The zero-order chi connectivity index (χ0) is 14.6. The van der Waals surface area contributed by atoms with Crippen molar-refractivity contribution in [3.05, 3.63) is 21.1 Å². The summed E-state index contributed by atoms with van der Waals surface area (Å²) in [7, 11) is 0. The highest BCUT2D eigenvalue weighted by molar-refractivity contribution is 9.11. The van der Waals surface area contributed by atoms with Gasteiger partial charge < -0.3 is 20.3 Å². The van der Waals surface area contributed by atoms with E-state index in [4.69, 9.17) is 5.11 Å². The fourth-order valence-electron chi connectivity index (χ4n) is 1.21. The maximum absolute atomic E-state index is 12.3. The Kier molecular flexibility index (Phi) is 5.90. The van der Waals surface area contributed by atoms with E-state index in [0.717, 1.165) is 6.07 Å². The third-order valence-electron chi connectivity index (χ3n) is 1.97. The first-order valence-electron chi connectivity index (χ1n) is 5.00. The molecule has 0 saturated heterocycles. The number of aliphatic hydroxyl groups is 2. The van der Waals surface area contributed by atoms with E-state index in [9.17, 15) is 18.3 Å². The van der Waals surface area contributed by atoms with Crippen molar-refractivity contribution in [3.8, 4) is 5.75 Å². The molecular weight excluding hydrogens is 399 g/mol. The summed E-state index contributed by atoms with van der Waals surface area (Å²) in [5, 5.41) is 20.4. The van der Waals surface area contributed by atoms with E-state index in [1.807, 2.05) is 0 Å². The van der Waals surface area contributed by atoms with E-state index in [-0.39, 0.29) is 12.2 Å². The van der Waals surface area contributed by atoms with Gasteiger partial charge in [0, 0.05) is 15.5 Å². The fraction of sp³-hybridized carbons (Fsp3) is 0.400. The summed E-state index contributed by atoms with van der Waals surface area (Å²) in [4.78, 5) is 0. The van der Waals surface area contributed by atoms with Crippen molar-refractivity contribution in [2.75, 3.05) is 18.5 Å². The van der Waals surface area contributed by atoms with Crippen molar-refractivity contribution in [2.45, 2.75) is 12.5 Å². The number of halogens is 5. The Morgan fingerprint density at radius 1 is 1.32 bits per heavy atom. The summed E-state index contributed by atoms with van der Waals surface area (Å²) < 4.78 is 41.5. The molecule has 0 saturated carbocycles. The highest BCUT2D eigenvalue weighted by atomic mass is 79.9. The molecule has 9 heteroatoms. The molecule has 0 aliphatic rings. The normalized spacial score (nSPS) is 13.2. The SMILES string of the molecule is OCC(O)CNc1c(Br)cc(Br)cc1OC(F)(F)F. The van der Waals surface area contributed by atoms with Crippen molar-refractivity contribution < 1.29 is 28.1 Å². The second-order valence-corrected chi connectivity index (χ2v) is 5.30. The zero-order valence-electron chi connectivity index (χ0n) is 9.34. The maximum atomic E-state index is 12.3. The number of aliphatic hydroxyl groups excluding tert-OH is 2. The van der Waals surface area contributed by atoms with E-state index in [1.54, 1.807) is 0 Å². The molecule has 0 fully saturated rings. The summed E-state index contributed by atoms with van der Waals surface area (Å²) in [5.74, 6) is -0.445. The lowest BCUT2D eigenvalue weighted by Gasteiger charge is -2.17. The van der Waals surface area contributed by atoms with Crippen molar-refractivity contribution in [1.29, 1.82) is 0 Å². The first kappa shape index (κ1) is 16.5. The van der Waals surface area contributed by atoms with Gasteiger partial charge in [-0.2, -0.15) is 0 Å². The lowest BCUT2D eigenvalue weighted by molar-refractivity contribution is -0.274. The first-order chi connectivity index (χ1) is 8.73. The average Bonchev–Trinajstić information content (AvgIpc) is 2.24. The molecule has 1 aromatic carbocycles. The van der Waals surface area contributed by atoms with E-state index in [1.165, 1.54) is 6.07 Å². The van der Waals surface area contributed by atoms with Gasteiger partial charge in [0.05, 0.1) is 18.4 Å². The van der Waals surface area contributed by atoms with Crippen LogP contribution in [0.1, 0.15) is 0 Å².